The van der Waals surface area contributed by atoms with Crippen molar-refractivity contribution < 1.29 is 23.8 Å². The van der Waals surface area contributed by atoms with Crippen LogP contribution in [0.4, 0.5) is 0 Å². The number of carbonyl (C=O) groups is 2. The molecule has 1 fully saturated rings. The molecule has 0 saturated carbocycles. The van der Waals surface area contributed by atoms with Gasteiger partial charge in [0.2, 0.25) is 0 Å². The zero-order valence-electron chi connectivity index (χ0n) is 17.0. The van der Waals surface area contributed by atoms with Crippen LogP contribution >= 0.6 is 0 Å². The van der Waals surface area contributed by atoms with Crippen molar-refractivity contribution >= 4 is 11.8 Å². The molecule has 154 valence electrons. The number of ether oxygens (including phenoxy) is 3. The molecule has 0 aliphatic carbocycles. The fourth-order valence-corrected chi connectivity index (χ4v) is 3.29. The molecule has 0 N–H and O–H groups in total. The van der Waals surface area contributed by atoms with Gasteiger partial charge in [0.15, 0.2) is 0 Å². The molecule has 2 aromatic carbocycles. The normalized spacial score (nSPS) is 13.8. The molecule has 0 aromatic heterocycles. The van der Waals surface area contributed by atoms with Crippen molar-refractivity contribution in [3.63, 3.8) is 0 Å². The highest BCUT2D eigenvalue weighted by atomic mass is 16.5. The lowest BCUT2D eigenvalue weighted by Crippen LogP contribution is -2.50. The first-order valence-corrected chi connectivity index (χ1v) is 9.60. The third kappa shape index (κ3) is 4.80. The maximum absolute atomic E-state index is 12.9. The summed E-state index contributed by atoms with van der Waals surface area (Å²) in [5.74, 6) is 1.65. The fraction of sp³-hybridized carbons (Fsp3) is 0.364. The van der Waals surface area contributed by atoms with Gasteiger partial charge in [-0.15, -0.1) is 0 Å². The molecule has 0 bridgehead atoms. The van der Waals surface area contributed by atoms with E-state index in [4.69, 9.17) is 14.2 Å². The summed E-state index contributed by atoms with van der Waals surface area (Å²) in [5, 5.41) is 0. The molecule has 1 aliphatic heterocycles. The van der Waals surface area contributed by atoms with Crippen molar-refractivity contribution in [1.29, 1.82) is 0 Å². The van der Waals surface area contributed by atoms with E-state index in [1.165, 1.54) is 0 Å². The van der Waals surface area contributed by atoms with Crippen LogP contribution in [0.25, 0.3) is 0 Å². The highest BCUT2D eigenvalue weighted by Crippen LogP contribution is 2.24. The summed E-state index contributed by atoms with van der Waals surface area (Å²) in [6.45, 7) is 4.34. The van der Waals surface area contributed by atoms with Crippen LogP contribution in [0.1, 0.15) is 27.6 Å². The molecule has 2 amide bonds. The van der Waals surface area contributed by atoms with Gasteiger partial charge in [-0.25, -0.2) is 0 Å². The summed E-state index contributed by atoms with van der Waals surface area (Å²) in [6.07, 6.45) is 0. The first-order chi connectivity index (χ1) is 14.0. The minimum absolute atomic E-state index is 0.0540. The molecule has 0 radical (unpaired) electrons. The number of nitrogens with zero attached hydrogens (tertiary/aromatic N) is 2. The van der Waals surface area contributed by atoms with Crippen LogP contribution in [-0.2, 0) is 0 Å². The Morgan fingerprint density at radius 2 is 1.31 bits per heavy atom. The summed E-state index contributed by atoms with van der Waals surface area (Å²) in [6, 6.07) is 12.3. The van der Waals surface area contributed by atoms with Gasteiger partial charge in [-0.05, 0) is 37.3 Å². The van der Waals surface area contributed by atoms with Gasteiger partial charge in [0.25, 0.3) is 11.8 Å². The first-order valence-electron chi connectivity index (χ1n) is 9.60. The van der Waals surface area contributed by atoms with Crippen molar-refractivity contribution in [2.24, 2.45) is 0 Å². The number of benzene rings is 2. The predicted molar refractivity (Wildman–Crippen MR) is 109 cm³/mol. The topological polar surface area (TPSA) is 68.3 Å². The van der Waals surface area contributed by atoms with Crippen molar-refractivity contribution in [3.8, 4) is 17.2 Å². The van der Waals surface area contributed by atoms with Gasteiger partial charge in [-0.1, -0.05) is 6.07 Å². The second-order valence-corrected chi connectivity index (χ2v) is 6.65. The Balaban J connectivity index is 1.65. The van der Waals surface area contributed by atoms with Crippen LogP contribution in [0.2, 0.25) is 0 Å². The number of amides is 2. The van der Waals surface area contributed by atoms with E-state index in [0.29, 0.717) is 61.2 Å². The van der Waals surface area contributed by atoms with Crippen LogP contribution in [0.3, 0.4) is 0 Å². The Hall–Kier alpha value is -3.22. The van der Waals surface area contributed by atoms with Gasteiger partial charge in [-0.2, -0.15) is 0 Å². The van der Waals surface area contributed by atoms with E-state index >= 15 is 0 Å². The number of methoxy groups -OCH3 is 2. The molecule has 3 rings (SSSR count). The second-order valence-electron chi connectivity index (χ2n) is 6.65. The lowest BCUT2D eigenvalue weighted by Gasteiger charge is -2.35. The molecule has 7 heteroatoms. The minimum atomic E-state index is -0.104. The van der Waals surface area contributed by atoms with Gasteiger partial charge in [0.1, 0.15) is 17.2 Å². The highest BCUT2D eigenvalue weighted by Gasteiger charge is 2.26. The van der Waals surface area contributed by atoms with Gasteiger partial charge in [0.05, 0.1) is 20.8 Å². The number of hydrogen-bond acceptors (Lipinski definition) is 5. The first kappa shape index (κ1) is 20.5. The zero-order valence-corrected chi connectivity index (χ0v) is 17.0. The van der Waals surface area contributed by atoms with E-state index in [1.807, 2.05) is 19.1 Å². The molecular formula is C22H26N2O5. The fourth-order valence-electron chi connectivity index (χ4n) is 3.29. The highest BCUT2D eigenvalue weighted by molar-refractivity contribution is 5.96. The lowest BCUT2D eigenvalue weighted by atomic mass is 10.1. The summed E-state index contributed by atoms with van der Waals surface area (Å²) in [5.41, 5.74) is 1.10. The smallest absolute Gasteiger partial charge is 0.254 e. The summed E-state index contributed by atoms with van der Waals surface area (Å²) in [7, 11) is 3.10. The summed E-state index contributed by atoms with van der Waals surface area (Å²) >= 11 is 0. The largest absolute Gasteiger partial charge is 0.497 e. The zero-order chi connectivity index (χ0) is 20.8. The van der Waals surface area contributed by atoms with Crippen LogP contribution in [0, 0.1) is 0 Å². The number of hydrogen-bond donors (Lipinski definition) is 0. The Labute approximate surface area is 170 Å². The van der Waals surface area contributed by atoms with Crippen molar-refractivity contribution in [2.45, 2.75) is 6.92 Å². The van der Waals surface area contributed by atoms with Gasteiger partial charge < -0.3 is 24.0 Å². The number of carbonyl (C=O) groups excluding carboxylic acids is 2. The molecule has 2 aromatic rings. The SMILES string of the molecule is CCOc1cccc(C(=O)N2CCN(C(=O)c3cc(OC)cc(OC)c3)CC2)c1. The molecule has 0 atom stereocenters. The van der Waals surface area contributed by atoms with Gasteiger partial charge >= 0.3 is 0 Å². The maximum atomic E-state index is 12.9. The average molecular weight is 398 g/mol. The van der Waals surface area contributed by atoms with Crippen LogP contribution < -0.4 is 14.2 Å². The minimum Gasteiger partial charge on any atom is -0.497 e. The standard InChI is InChI=1S/C22H26N2O5/c1-4-29-18-7-5-6-16(12-18)21(25)23-8-10-24(11-9-23)22(26)17-13-19(27-2)15-20(14-17)28-3/h5-7,12-15H,4,8-11H2,1-3H3. The Kier molecular flexibility index (Phi) is 6.59. The van der Waals surface area contributed by atoms with Crippen LogP contribution in [-0.4, -0.2) is 68.6 Å². The average Bonchev–Trinajstić information content (AvgIpc) is 2.78. The van der Waals surface area contributed by atoms with Crippen molar-refractivity contribution in [2.75, 3.05) is 47.0 Å². The van der Waals surface area contributed by atoms with E-state index in [1.54, 1.807) is 54.4 Å². The van der Waals surface area contributed by atoms with Crippen molar-refractivity contribution in [1.82, 2.24) is 9.80 Å². The van der Waals surface area contributed by atoms with E-state index in [0.717, 1.165) is 0 Å². The van der Waals surface area contributed by atoms with Gasteiger partial charge in [0, 0.05) is 43.4 Å². The summed E-state index contributed by atoms with van der Waals surface area (Å²) < 4.78 is 16.0. The Bertz CT molecular complexity index is 853. The van der Waals surface area contributed by atoms with E-state index in [9.17, 15) is 9.59 Å². The summed E-state index contributed by atoms with van der Waals surface area (Å²) in [4.78, 5) is 29.2. The third-order valence-corrected chi connectivity index (χ3v) is 4.84. The molecular weight excluding hydrogens is 372 g/mol. The van der Waals surface area contributed by atoms with Gasteiger partial charge in [-0.3, -0.25) is 9.59 Å². The maximum Gasteiger partial charge on any atom is 0.254 e. The predicted octanol–water partition coefficient (Wildman–Crippen LogP) is 2.70. The second kappa shape index (κ2) is 9.32. The van der Waals surface area contributed by atoms with Crippen LogP contribution in [0.15, 0.2) is 42.5 Å². The van der Waals surface area contributed by atoms with E-state index in [-0.39, 0.29) is 11.8 Å². The Morgan fingerprint density at radius 3 is 1.83 bits per heavy atom. The third-order valence-electron chi connectivity index (χ3n) is 4.84. The quantitative estimate of drug-likeness (QED) is 0.748. The molecule has 0 unspecified atom stereocenters. The van der Waals surface area contributed by atoms with Crippen LogP contribution in [0.5, 0.6) is 17.2 Å². The Morgan fingerprint density at radius 1 is 0.793 bits per heavy atom. The molecule has 1 aliphatic rings. The monoisotopic (exact) mass is 398 g/mol. The van der Waals surface area contributed by atoms with E-state index < -0.39 is 0 Å². The molecule has 7 nitrogen and oxygen atoms in total. The molecule has 0 spiro atoms. The molecule has 1 saturated heterocycles. The van der Waals surface area contributed by atoms with E-state index in [2.05, 4.69) is 0 Å². The number of rotatable bonds is 6. The lowest BCUT2D eigenvalue weighted by molar-refractivity contribution is 0.0535. The molecule has 29 heavy (non-hydrogen) atoms. The van der Waals surface area contributed by atoms with Crippen molar-refractivity contribution in [3.05, 3.63) is 53.6 Å². The molecule has 1 heterocycles. The number of piperazine rings is 1.